The van der Waals surface area contributed by atoms with E-state index in [4.69, 9.17) is 9.47 Å². The molecule has 1 aromatic rings. The van der Waals surface area contributed by atoms with Crippen molar-refractivity contribution >= 4 is 17.6 Å². The summed E-state index contributed by atoms with van der Waals surface area (Å²) in [6.07, 6.45) is 6.67. The molecule has 3 amide bonds. The first kappa shape index (κ1) is 24.0. The van der Waals surface area contributed by atoms with Crippen LogP contribution in [0.15, 0.2) is 30.3 Å². The maximum atomic E-state index is 13.0. The first-order valence-corrected chi connectivity index (χ1v) is 12.4. The summed E-state index contributed by atoms with van der Waals surface area (Å²) in [4.78, 5) is 28.9. The third-order valence-electron chi connectivity index (χ3n) is 7.30. The van der Waals surface area contributed by atoms with Crippen LogP contribution in [0.25, 0.3) is 0 Å². The lowest BCUT2D eigenvalue weighted by molar-refractivity contribution is -0.146. The number of nitrogens with one attached hydrogen (secondary N) is 1. The number of hydrogen-bond donors (Lipinski definition) is 2. The number of piperazine rings is 1. The first-order chi connectivity index (χ1) is 16.1. The molecular formula is C25H37N3O5. The highest BCUT2D eigenvalue weighted by molar-refractivity contribution is 5.95. The molecule has 182 valence electrons. The molecule has 2 aliphatic carbocycles. The molecule has 0 radical (unpaired) electrons. The second-order valence-corrected chi connectivity index (χ2v) is 9.43. The number of nitrogens with zero attached hydrogens (tertiary/aromatic N) is 2. The van der Waals surface area contributed by atoms with E-state index >= 15 is 0 Å². The summed E-state index contributed by atoms with van der Waals surface area (Å²) in [5, 5.41) is 13.8. The summed E-state index contributed by atoms with van der Waals surface area (Å²) in [5.74, 6) is -0.346. The predicted molar refractivity (Wildman–Crippen MR) is 125 cm³/mol. The summed E-state index contributed by atoms with van der Waals surface area (Å²) in [6, 6.07) is 9.26. The van der Waals surface area contributed by atoms with Crippen molar-refractivity contribution in [3.05, 3.63) is 30.3 Å². The summed E-state index contributed by atoms with van der Waals surface area (Å²) >= 11 is 0. The number of rotatable bonds is 5. The maximum absolute atomic E-state index is 13.0. The monoisotopic (exact) mass is 459 g/mol. The van der Waals surface area contributed by atoms with Crippen LogP contribution in [0, 0.1) is 5.92 Å². The van der Waals surface area contributed by atoms with Crippen molar-refractivity contribution in [3.63, 3.8) is 0 Å². The van der Waals surface area contributed by atoms with Crippen molar-refractivity contribution < 1.29 is 24.2 Å². The minimum atomic E-state index is -1.18. The summed E-state index contributed by atoms with van der Waals surface area (Å²) in [7, 11) is 1.74. The lowest BCUT2D eigenvalue weighted by Crippen LogP contribution is -2.65. The quantitative estimate of drug-likeness (QED) is 0.703. The van der Waals surface area contributed by atoms with Gasteiger partial charge in [-0.1, -0.05) is 37.5 Å². The van der Waals surface area contributed by atoms with E-state index in [0.717, 1.165) is 63.5 Å². The number of ether oxygens (including phenoxy) is 2. The summed E-state index contributed by atoms with van der Waals surface area (Å²) in [5.41, 5.74) is 0.936. The van der Waals surface area contributed by atoms with Gasteiger partial charge in [-0.3, -0.25) is 15.0 Å². The Bertz CT molecular complexity index is 778. The van der Waals surface area contributed by atoms with E-state index < -0.39 is 18.5 Å². The fourth-order valence-electron chi connectivity index (χ4n) is 5.30. The van der Waals surface area contributed by atoms with Crippen LogP contribution >= 0.6 is 0 Å². The van der Waals surface area contributed by atoms with E-state index in [1.165, 1.54) is 4.90 Å². The predicted octanol–water partition coefficient (Wildman–Crippen LogP) is 3.24. The molecule has 1 aliphatic heterocycles. The van der Waals surface area contributed by atoms with Crippen LogP contribution < -0.4 is 10.2 Å². The standard InChI is InChI=1S/C25H37N3O5/c1-32-20-12-14-21(15-13-20)33-24-23(30)28(17-16-27(24)19-10-6-3-7-11-19)25(31)26-22(29)18-8-4-2-5-9-18/h3,6-7,10-11,18,20-21,23-24,30H,2,4-5,8-9,12-17H2,1H3,(H,26,29,31). The van der Waals surface area contributed by atoms with Gasteiger partial charge in [0.15, 0.2) is 12.5 Å². The Balaban J connectivity index is 1.44. The molecule has 2 unspecified atom stereocenters. The molecule has 2 N–H and O–H groups in total. The SMILES string of the molecule is COC1CCC(OC2C(O)N(C(=O)NC(=O)C3CCCCC3)CCN2c2ccccc2)CC1. The molecule has 1 aromatic carbocycles. The molecule has 0 spiro atoms. The van der Waals surface area contributed by atoms with Gasteiger partial charge in [0.1, 0.15) is 0 Å². The van der Waals surface area contributed by atoms with Crippen molar-refractivity contribution in [2.45, 2.75) is 82.5 Å². The largest absolute Gasteiger partial charge is 0.381 e. The third-order valence-corrected chi connectivity index (χ3v) is 7.30. The van der Waals surface area contributed by atoms with Gasteiger partial charge in [0.05, 0.1) is 12.2 Å². The second-order valence-electron chi connectivity index (χ2n) is 9.43. The Morgan fingerprint density at radius 1 is 0.939 bits per heavy atom. The van der Waals surface area contributed by atoms with Gasteiger partial charge in [0, 0.05) is 31.8 Å². The van der Waals surface area contributed by atoms with Crippen LogP contribution in [0.4, 0.5) is 10.5 Å². The molecule has 33 heavy (non-hydrogen) atoms. The zero-order chi connectivity index (χ0) is 23.2. The van der Waals surface area contributed by atoms with Crippen LogP contribution in [-0.2, 0) is 14.3 Å². The number of urea groups is 1. The van der Waals surface area contributed by atoms with Crippen LogP contribution in [-0.4, -0.2) is 66.8 Å². The van der Waals surface area contributed by atoms with Crippen molar-refractivity contribution in [1.82, 2.24) is 10.2 Å². The maximum Gasteiger partial charge on any atom is 0.326 e. The highest BCUT2D eigenvalue weighted by Crippen LogP contribution is 2.30. The molecule has 2 atom stereocenters. The lowest BCUT2D eigenvalue weighted by atomic mass is 9.89. The van der Waals surface area contributed by atoms with Gasteiger partial charge in [-0.15, -0.1) is 0 Å². The highest BCUT2D eigenvalue weighted by atomic mass is 16.5. The number of carbonyl (C=O) groups is 2. The molecule has 1 saturated heterocycles. The van der Waals surface area contributed by atoms with Crippen molar-refractivity contribution in [3.8, 4) is 0 Å². The van der Waals surface area contributed by atoms with Crippen molar-refractivity contribution in [2.24, 2.45) is 5.92 Å². The third kappa shape index (κ3) is 5.86. The van der Waals surface area contributed by atoms with E-state index in [2.05, 4.69) is 5.32 Å². The Kier molecular flexibility index (Phi) is 8.22. The summed E-state index contributed by atoms with van der Waals surface area (Å²) in [6.45, 7) is 0.806. The highest BCUT2D eigenvalue weighted by Gasteiger charge is 2.41. The zero-order valence-electron chi connectivity index (χ0n) is 19.5. The number of aliphatic hydroxyl groups excluding tert-OH is 1. The molecule has 0 bridgehead atoms. The number of para-hydroxylation sites is 1. The topological polar surface area (TPSA) is 91.3 Å². The number of benzene rings is 1. The smallest absolute Gasteiger partial charge is 0.326 e. The Morgan fingerprint density at radius 3 is 2.27 bits per heavy atom. The Morgan fingerprint density at radius 2 is 1.61 bits per heavy atom. The van der Waals surface area contributed by atoms with Gasteiger partial charge in [0.25, 0.3) is 0 Å². The number of imide groups is 1. The van der Waals surface area contributed by atoms with Gasteiger partial charge >= 0.3 is 6.03 Å². The first-order valence-electron chi connectivity index (χ1n) is 12.4. The van der Waals surface area contributed by atoms with Gasteiger partial charge in [-0.25, -0.2) is 4.79 Å². The number of methoxy groups -OCH3 is 1. The van der Waals surface area contributed by atoms with Crippen LogP contribution in [0.3, 0.4) is 0 Å². The normalized spacial score (nSPS) is 29.0. The number of aliphatic hydroxyl groups is 1. The molecule has 3 fully saturated rings. The van der Waals surface area contributed by atoms with Crippen molar-refractivity contribution in [2.75, 3.05) is 25.1 Å². The van der Waals surface area contributed by atoms with Gasteiger partial charge in [0.2, 0.25) is 5.91 Å². The molecular weight excluding hydrogens is 422 g/mol. The average molecular weight is 460 g/mol. The van der Waals surface area contributed by atoms with Crippen LogP contribution in [0.1, 0.15) is 57.8 Å². The van der Waals surface area contributed by atoms with Crippen LogP contribution in [0.5, 0.6) is 0 Å². The fourth-order valence-corrected chi connectivity index (χ4v) is 5.30. The molecule has 8 heteroatoms. The van der Waals surface area contributed by atoms with Gasteiger partial charge in [-0.05, 0) is 50.7 Å². The van der Waals surface area contributed by atoms with E-state index in [1.54, 1.807) is 7.11 Å². The molecule has 1 heterocycles. The van der Waals surface area contributed by atoms with E-state index in [9.17, 15) is 14.7 Å². The number of amides is 3. The zero-order valence-corrected chi connectivity index (χ0v) is 19.5. The van der Waals surface area contributed by atoms with Crippen LogP contribution in [0.2, 0.25) is 0 Å². The fraction of sp³-hybridized carbons (Fsp3) is 0.680. The Hall–Kier alpha value is -2.16. The lowest BCUT2D eigenvalue weighted by Gasteiger charge is -2.47. The average Bonchev–Trinajstić information content (AvgIpc) is 2.86. The molecule has 0 aromatic heterocycles. The minimum Gasteiger partial charge on any atom is -0.381 e. The number of carbonyl (C=O) groups excluding carboxylic acids is 2. The molecule has 8 nitrogen and oxygen atoms in total. The number of anilines is 1. The molecule has 4 rings (SSSR count). The van der Waals surface area contributed by atoms with Crippen molar-refractivity contribution in [1.29, 1.82) is 0 Å². The molecule has 3 aliphatic rings. The minimum absolute atomic E-state index is 0.0193. The van der Waals surface area contributed by atoms with Gasteiger partial charge in [-0.2, -0.15) is 0 Å². The van der Waals surface area contributed by atoms with E-state index in [1.807, 2.05) is 35.2 Å². The van der Waals surface area contributed by atoms with Gasteiger partial charge < -0.3 is 19.5 Å². The Labute approximate surface area is 196 Å². The number of hydrogen-bond acceptors (Lipinski definition) is 6. The van der Waals surface area contributed by atoms with E-state index in [0.29, 0.717) is 13.1 Å². The second kappa shape index (κ2) is 11.3. The van der Waals surface area contributed by atoms with E-state index in [-0.39, 0.29) is 24.0 Å². The summed E-state index contributed by atoms with van der Waals surface area (Å²) < 4.78 is 11.9. The molecule has 2 saturated carbocycles.